The van der Waals surface area contributed by atoms with Crippen molar-refractivity contribution >= 4 is 16.7 Å². The number of aromatic nitrogens is 3. The van der Waals surface area contributed by atoms with Crippen molar-refractivity contribution in [3.63, 3.8) is 0 Å². The predicted molar refractivity (Wildman–Crippen MR) is 57.1 cm³/mol. The summed E-state index contributed by atoms with van der Waals surface area (Å²) < 4.78 is 2.13. The van der Waals surface area contributed by atoms with Crippen molar-refractivity contribution in [3.05, 3.63) is 18.2 Å². The molecule has 2 aromatic heterocycles. The summed E-state index contributed by atoms with van der Waals surface area (Å²) >= 11 is 0. The SMILES string of the molecule is Cc1nc2cncc(N)c2n1C(C)C. The molecule has 0 saturated heterocycles. The lowest BCUT2D eigenvalue weighted by Gasteiger charge is -2.11. The van der Waals surface area contributed by atoms with Gasteiger partial charge in [0.2, 0.25) is 0 Å². The number of hydrogen-bond donors (Lipinski definition) is 1. The Kier molecular flexibility index (Phi) is 1.91. The van der Waals surface area contributed by atoms with Gasteiger partial charge in [0.1, 0.15) is 11.3 Å². The Balaban J connectivity index is 2.86. The minimum atomic E-state index is 0.365. The standard InChI is InChI=1S/C10H14N4/c1-6(2)14-7(3)13-9-5-12-4-8(11)10(9)14/h4-6H,11H2,1-3H3. The molecule has 14 heavy (non-hydrogen) atoms. The van der Waals surface area contributed by atoms with E-state index < -0.39 is 0 Å². The molecule has 0 fully saturated rings. The van der Waals surface area contributed by atoms with E-state index in [-0.39, 0.29) is 0 Å². The van der Waals surface area contributed by atoms with Crippen molar-refractivity contribution < 1.29 is 0 Å². The van der Waals surface area contributed by atoms with Crippen LogP contribution in [0.4, 0.5) is 5.69 Å². The van der Waals surface area contributed by atoms with Gasteiger partial charge >= 0.3 is 0 Å². The molecule has 0 unspecified atom stereocenters. The number of aryl methyl sites for hydroxylation is 1. The molecule has 0 aromatic carbocycles. The second-order valence-corrected chi connectivity index (χ2v) is 3.72. The van der Waals surface area contributed by atoms with E-state index in [2.05, 4.69) is 28.4 Å². The smallest absolute Gasteiger partial charge is 0.109 e. The quantitative estimate of drug-likeness (QED) is 0.747. The van der Waals surface area contributed by atoms with Gasteiger partial charge in [-0.3, -0.25) is 4.98 Å². The van der Waals surface area contributed by atoms with Crippen LogP contribution in [0.3, 0.4) is 0 Å². The lowest BCUT2D eigenvalue weighted by Crippen LogP contribution is -2.04. The second kappa shape index (κ2) is 2.97. The monoisotopic (exact) mass is 190 g/mol. The molecule has 0 bridgehead atoms. The number of nitrogen functional groups attached to an aromatic ring is 1. The summed E-state index contributed by atoms with van der Waals surface area (Å²) in [6.07, 6.45) is 3.42. The zero-order valence-electron chi connectivity index (χ0n) is 8.65. The van der Waals surface area contributed by atoms with Crippen LogP contribution in [0.1, 0.15) is 25.7 Å². The normalized spacial score (nSPS) is 11.4. The van der Waals surface area contributed by atoms with Crippen LogP contribution in [0.25, 0.3) is 11.0 Å². The molecular formula is C10H14N4. The van der Waals surface area contributed by atoms with Gasteiger partial charge in [-0.05, 0) is 20.8 Å². The number of imidazole rings is 1. The number of nitrogens with zero attached hydrogens (tertiary/aromatic N) is 3. The maximum Gasteiger partial charge on any atom is 0.109 e. The topological polar surface area (TPSA) is 56.7 Å². The molecule has 0 aliphatic heterocycles. The molecule has 2 aromatic rings. The summed E-state index contributed by atoms with van der Waals surface area (Å²) in [4.78, 5) is 8.44. The van der Waals surface area contributed by atoms with Crippen LogP contribution in [0.5, 0.6) is 0 Å². The maximum absolute atomic E-state index is 5.88. The Morgan fingerprint density at radius 1 is 1.36 bits per heavy atom. The van der Waals surface area contributed by atoms with Gasteiger partial charge in [0.15, 0.2) is 0 Å². The first kappa shape index (κ1) is 8.99. The number of anilines is 1. The fourth-order valence-electron chi connectivity index (χ4n) is 1.82. The summed E-state index contributed by atoms with van der Waals surface area (Å²) in [5.74, 6) is 0.981. The van der Waals surface area contributed by atoms with Gasteiger partial charge in [0.25, 0.3) is 0 Å². The van der Waals surface area contributed by atoms with Crippen LogP contribution < -0.4 is 5.73 Å². The van der Waals surface area contributed by atoms with E-state index in [4.69, 9.17) is 5.73 Å². The van der Waals surface area contributed by atoms with Crippen molar-refractivity contribution in [1.29, 1.82) is 0 Å². The molecule has 0 spiro atoms. The minimum Gasteiger partial charge on any atom is -0.396 e. The Labute approximate surface area is 82.8 Å². The average Bonchev–Trinajstić information content (AvgIpc) is 2.42. The van der Waals surface area contributed by atoms with Gasteiger partial charge in [-0.1, -0.05) is 0 Å². The van der Waals surface area contributed by atoms with Crippen LogP contribution >= 0.6 is 0 Å². The van der Waals surface area contributed by atoms with E-state index in [0.29, 0.717) is 11.7 Å². The maximum atomic E-state index is 5.88. The summed E-state index contributed by atoms with van der Waals surface area (Å²) in [7, 11) is 0. The lowest BCUT2D eigenvalue weighted by molar-refractivity contribution is 0.600. The molecule has 0 saturated carbocycles. The number of hydrogen-bond acceptors (Lipinski definition) is 3. The first-order valence-corrected chi connectivity index (χ1v) is 4.69. The Hall–Kier alpha value is -1.58. The van der Waals surface area contributed by atoms with Gasteiger partial charge in [0, 0.05) is 6.04 Å². The zero-order valence-corrected chi connectivity index (χ0v) is 8.65. The molecular weight excluding hydrogens is 176 g/mol. The Morgan fingerprint density at radius 2 is 2.07 bits per heavy atom. The highest BCUT2D eigenvalue weighted by atomic mass is 15.1. The first-order chi connectivity index (χ1) is 6.61. The summed E-state index contributed by atoms with van der Waals surface area (Å²) in [6, 6.07) is 0.365. The van der Waals surface area contributed by atoms with Gasteiger partial charge in [-0.2, -0.15) is 0 Å². The third-order valence-corrected chi connectivity index (χ3v) is 2.31. The van der Waals surface area contributed by atoms with Crippen molar-refractivity contribution in [1.82, 2.24) is 14.5 Å². The van der Waals surface area contributed by atoms with Crippen LogP contribution in [-0.4, -0.2) is 14.5 Å². The van der Waals surface area contributed by atoms with E-state index in [0.717, 1.165) is 16.9 Å². The Morgan fingerprint density at radius 3 is 2.71 bits per heavy atom. The van der Waals surface area contributed by atoms with E-state index in [1.807, 2.05) is 6.92 Å². The van der Waals surface area contributed by atoms with Gasteiger partial charge < -0.3 is 10.3 Å². The van der Waals surface area contributed by atoms with Crippen LogP contribution in [-0.2, 0) is 0 Å². The van der Waals surface area contributed by atoms with E-state index >= 15 is 0 Å². The fourth-order valence-corrected chi connectivity index (χ4v) is 1.82. The molecule has 0 atom stereocenters. The highest BCUT2D eigenvalue weighted by molar-refractivity contribution is 5.86. The van der Waals surface area contributed by atoms with E-state index in [9.17, 15) is 0 Å². The van der Waals surface area contributed by atoms with Gasteiger partial charge in [0.05, 0.1) is 23.6 Å². The molecule has 4 heteroatoms. The summed E-state index contributed by atoms with van der Waals surface area (Å²) in [5, 5.41) is 0. The average molecular weight is 190 g/mol. The van der Waals surface area contributed by atoms with E-state index in [1.54, 1.807) is 12.4 Å². The largest absolute Gasteiger partial charge is 0.396 e. The minimum absolute atomic E-state index is 0.365. The van der Waals surface area contributed by atoms with Crippen LogP contribution in [0.15, 0.2) is 12.4 Å². The number of fused-ring (bicyclic) bond motifs is 1. The molecule has 0 aliphatic carbocycles. The molecule has 0 radical (unpaired) electrons. The predicted octanol–water partition coefficient (Wildman–Crippen LogP) is 1.90. The molecule has 74 valence electrons. The molecule has 2 N–H and O–H groups in total. The second-order valence-electron chi connectivity index (χ2n) is 3.72. The zero-order chi connectivity index (χ0) is 10.3. The van der Waals surface area contributed by atoms with Crippen molar-refractivity contribution in [2.75, 3.05) is 5.73 Å². The third-order valence-electron chi connectivity index (χ3n) is 2.31. The van der Waals surface area contributed by atoms with Crippen LogP contribution in [0, 0.1) is 6.92 Å². The fraction of sp³-hybridized carbons (Fsp3) is 0.400. The lowest BCUT2D eigenvalue weighted by atomic mass is 10.3. The van der Waals surface area contributed by atoms with E-state index in [1.165, 1.54) is 0 Å². The third kappa shape index (κ3) is 1.14. The highest BCUT2D eigenvalue weighted by Crippen LogP contribution is 2.24. The molecule has 0 amide bonds. The molecule has 4 nitrogen and oxygen atoms in total. The van der Waals surface area contributed by atoms with Crippen LogP contribution in [0.2, 0.25) is 0 Å². The first-order valence-electron chi connectivity index (χ1n) is 4.69. The number of pyridine rings is 1. The molecule has 2 rings (SSSR count). The highest BCUT2D eigenvalue weighted by Gasteiger charge is 2.12. The Bertz CT molecular complexity index is 470. The number of nitrogens with two attached hydrogens (primary N) is 1. The molecule has 2 heterocycles. The van der Waals surface area contributed by atoms with Gasteiger partial charge in [-0.15, -0.1) is 0 Å². The van der Waals surface area contributed by atoms with Crippen molar-refractivity contribution in [2.24, 2.45) is 0 Å². The van der Waals surface area contributed by atoms with Gasteiger partial charge in [-0.25, -0.2) is 4.98 Å². The van der Waals surface area contributed by atoms with Crippen molar-refractivity contribution in [2.45, 2.75) is 26.8 Å². The summed E-state index contributed by atoms with van der Waals surface area (Å²) in [5.41, 5.74) is 8.44. The molecule has 0 aliphatic rings. The van der Waals surface area contributed by atoms with Crippen molar-refractivity contribution in [3.8, 4) is 0 Å². The number of rotatable bonds is 1. The summed E-state index contributed by atoms with van der Waals surface area (Å²) in [6.45, 7) is 6.22.